The third kappa shape index (κ3) is 4.79. The molecule has 0 saturated carbocycles. The van der Waals surface area contributed by atoms with Crippen molar-refractivity contribution < 1.29 is 4.74 Å². The minimum atomic E-state index is 0.0190. The third-order valence-corrected chi connectivity index (χ3v) is 5.68. The summed E-state index contributed by atoms with van der Waals surface area (Å²) in [5, 5.41) is 18.9. The standard InChI is InChI=1S/C26H31N3O/c1-6-18(4)26(21-13-14-25(30-17(2)3)22(15-21)16-27)29-28-19(5)23-11-7-9-20-10-8-12-24(20)23/h7,9,11,13-15,17-18H,6,8,10,12H2,1-5H3/b28-19+,29-26+. The minimum absolute atomic E-state index is 0.0190. The van der Waals surface area contributed by atoms with Crippen LogP contribution in [0.15, 0.2) is 46.6 Å². The SMILES string of the molecule is CCC(C)/C(=N\N=C(/C)c1cccc2c1CCC2)c1ccc(OC(C)C)c(C#N)c1. The largest absolute Gasteiger partial charge is 0.490 e. The minimum Gasteiger partial charge on any atom is -0.490 e. The molecule has 0 aliphatic heterocycles. The Labute approximate surface area is 180 Å². The Morgan fingerprint density at radius 3 is 2.63 bits per heavy atom. The van der Waals surface area contributed by atoms with Gasteiger partial charge in [-0.05, 0) is 81.3 Å². The lowest BCUT2D eigenvalue weighted by Crippen LogP contribution is -2.13. The number of nitrogens with zero attached hydrogens (tertiary/aromatic N) is 3. The fourth-order valence-electron chi connectivity index (χ4n) is 3.91. The highest BCUT2D eigenvalue weighted by Gasteiger charge is 2.17. The monoisotopic (exact) mass is 401 g/mol. The summed E-state index contributed by atoms with van der Waals surface area (Å²) in [5.74, 6) is 0.839. The van der Waals surface area contributed by atoms with E-state index in [0.29, 0.717) is 11.3 Å². The van der Waals surface area contributed by atoms with Crippen LogP contribution in [0.25, 0.3) is 0 Å². The topological polar surface area (TPSA) is 57.7 Å². The van der Waals surface area contributed by atoms with Gasteiger partial charge in [0.15, 0.2) is 0 Å². The summed E-state index contributed by atoms with van der Waals surface area (Å²) >= 11 is 0. The van der Waals surface area contributed by atoms with E-state index in [2.05, 4.69) is 48.3 Å². The molecule has 0 spiro atoms. The second kappa shape index (κ2) is 9.71. The van der Waals surface area contributed by atoms with Crippen molar-refractivity contribution in [3.8, 4) is 11.8 Å². The summed E-state index contributed by atoms with van der Waals surface area (Å²) in [4.78, 5) is 0. The van der Waals surface area contributed by atoms with Gasteiger partial charge in [-0.1, -0.05) is 32.0 Å². The molecule has 0 N–H and O–H groups in total. The van der Waals surface area contributed by atoms with E-state index in [-0.39, 0.29) is 12.0 Å². The lowest BCUT2D eigenvalue weighted by molar-refractivity contribution is 0.241. The Balaban J connectivity index is 1.99. The molecule has 3 rings (SSSR count). The molecule has 156 valence electrons. The van der Waals surface area contributed by atoms with Crippen LogP contribution in [0.1, 0.15) is 75.3 Å². The van der Waals surface area contributed by atoms with Gasteiger partial charge in [0.2, 0.25) is 0 Å². The fraction of sp³-hybridized carbons (Fsp3) is 0.423. The molecule has 1 atom stereocenters. The molecule has 1 unspecified atom stereocenters. The number of aryl methyl sites for hydroxylation is 1. The van der Waals surface area contributed by atoms with Gasteiger partial charge in [-0.2, -0.15) is 15.5 Å². The van der Waals surface area contributed by atoms with Crippen LogP contribution in [0.2, 0.25) is 0 Å². The van der Waals surface area contributed by atoms with E-state index in [9.17, 15) is 5.26 Å². The van der Waals surface area contributed by atoms with Gasteiger partial charge < -0.3 is 4.74 Å². The van der Waals surface area contributed by atoms with Crippen molar-refractivity contribution in [2.24, 2.45) is 16.1 Å². The molecule has 1 aliphatic carbocycles. The maximum Gasteiger partial charge on any atom is 0.137 e. The molecule has 30 heavy (non-hydrogen) atoms. The lowest BCUT2D eigenvalue weighted by atomic mass is 9.95. The maximum absolute atomic E-state index is 9.59. The van der Waals surface area contributed by atoms with Crippen molar-refractivity contribution >= 4 is 11.4 Å². The molecular formula is C26H31N3O. The van der Waals surface area contributed by atoms with Gasteiger partial charge in [0, 0.05) is 11.5 Å². The zero-order valence-electron chi connectivity index (χ0n) is 18.7. The summed E-state index contributed by atoms with van der Waals surface area (Å²) in [6.45, 7) is 10.2. The average Bonchev–Trinajstić information content (AvgIpc) is 3.22. The van der Waals surface area contributed by atoms with E-state index in [4.69, 9.17) is 4.74 Å². The van der Waals surface area contributed by atoms with Crippen LogP contribution in [0.3, 0.4) is 0 Å². The normalized spacial score (nSPS) is 15.1. The zero-order valence-corrected chi connectivity index (χ0v) is 18.7. The predicted molar refractivity (Wildman–Crippen MR) is 124 cm³/mol. The van der Waals surface area contributed by atoms with Crippen molar-refractivity contribution in [2.45, 2.75) is 66.4 Å². The quantitative estimate of drug-likeness (QED) is 0.416. The predicted octanol–water partition coefficient (Wildman–Crippen LogP) is 6.09. The van der Waals surface area contributed by atoms with E-state index in [1.54, 1.807) is 0 Å². The number of nitriles is 1. The van der Waals surface area contributed by atoms with Crippen LogP contribution in [0.4, 0.5) is 0 Å². The summed E-state index contributed by atoms with van der Waals surface area (Å²) in [5.41, 5.74) is 7.35. The fourth-order valence-corrected chi connectivity index (χ4v) is 3.91. The molecular weight excluding hydrogens is 370 g/mol. The smallest absolute Gasteiger partial charge is 0.137 e. The molecule has 0 aromatic heterocycles. The number of rotatable bonds is 7. The van der Waals surface area contributed by atoms with Crippen molar-refractivity contribution in [1.82, 2.24) is 0 Å². The number of ether oxygens (including phenoxy) is 1. The summed E-state index contributed by atoms with van der Waals surface area (Å²) in [6.07, 6.45) is 4.44. The Bertz CT molecular complexity index is 1010. The van der Waals surface area contributed by atoms with E-state index in [1.807, 2.05) is 39.0 Å². The van der Waals surface area contributed by atoms with Crippen molar-refractivity contribution in [1.29, 1.82) is 5.26 Å². The molecule has 0 radical (unpaired) electrons. The number of benzene rings is 2. The first-order valence-corrected chi connectivity index (χ1v) is 10.9. The van der Waals surface area contributed by atoms with E-state index < -0.39 is 0 Å². The second-order valence-electron chi connectivity index (χ2n) is 8.27. The van der Waals surface area contributed by atoms with Gasteiger partial charge in [-0.3, -0.25) is 0 Å². The van der Waals surface area contributed by atoms with Gasteiger partial charge in [-0.15, -0.1) is 0 Å². The van der Waals surface area contributed by atoms with Gasteiger partial charge in [0.1, 0.15) is 11.8 Å². The summed E-state index contributed by atoms with van der Waals surface area (Å²) < 4.78 is 5.77. The molecule has 0 heterocycles. The van der Waals surface area contributed by atoms with Crippen LogP contribution in [0, 0.1) is 17.2 Å². The first kappa shape index (κ1) is 21.8. The van der Waals surface area contributed by atoms with Crippen molar-refractivity contribution in [3.63, 3.8) is 0 Å². The van der Waals surface area contributed by atoms with Crippen LogP contribution < -0.4 is 4.74 Å². The molecule has 0 bridgehead atoms. The second-order valence-corrected chi connectivity index (χ2v) is 8.27. The van der Waals surface area contributed by atoms with Gasteiger partial charge in [0.25, 0.3) is 0 Å². The van der Waals surface area contributed by atoms with Crippen LogP contribution in [-0.2, 0) is 12.8 Å². The average molecular weight is 402 g/mol. The molecule has 1 aliphatic rings. The molecule has 4 nitrogen and oxygen atoms in total. The maximum atomic E-state index is 9.59. The number of fused-ring (bicyclic) bond motifs is 1. The summed E-state index contributed by atoms with van der Waals surface area (Å²) in [6, 6.07) is 14.5. The molecule has 4 heteroatoms. The Morgan fingerprint density at radius 1 is 1.13 bits per heavy atom. The summed E-state index contributed by atoms with van der Waals surface area (Å²) in [7, 11) is 0. The van der Waals surface area contributed by atoms with Gasteiger partial charge >= 0.3 is 0 Å². The molecule has 2 aromatic rings. The van der Waals surface area contributed by atoms with Gasteiger partial charge in [-0.25, -0.2) is 0 Å². The highest BCUT2D eigenvalue weighted by Crippen LogP contribution is 2.26. The number of hydrogen-bond donors (Lipinski definition) is 0. The molecule has 0 saturated heterocycles. The Morgan fingerprint density at radius 2 is 1.93 bits per heavy atom. The van der Waals surface area contributed by atoms with Crippen LogP contribution >= 0.6 is 0 Å². The molecule has 2 aromatic carbocycles. The number of hydrogen-bond acceptors (Lipinski definition) is 4. The van der Waals surface area contributed by atoms with E-state index in [0.717, 1.165) is 36.2 Å². The van der Waals surface area contributed by atoms with Gasteiger partial charge in [0.05, 0.1) is 23.1 Å². The first-order valence-electron chi connectivity index (χ1n) is 10.9. The highest BCUT2D eigenvalue weighted by molar-refractivity contribution is 6.04. The van der Waals surface area contributed by atoms with Crippen molar-refractivity contribution in [2.75, 3.05) is 0 Å². The Hall–Kier alpha value is -2.93. The molecule has 0 amide bonds. The lowest BCUT2D eigenvalue weighted by Gasteiger charge is -2.15. The van der Waals surface area contributed by atoms with E-state index in [1.165, 1.54) is 23.1 Å². The molecule has 0 fully saturated rings. The highest BCUT2D eigenvalue weighted by atomic mass is 16.5. The third-order valence-electron chi connectivity index (χ3n) is 5.68. The van der Waals surface area contributed by atoms with Crippen LogP contribution in [0.5, 0.6) is 5.75 Å². The Kier molecular flexibility index (Phi) is 7.05. The first-order chi connectivity index (χ1) is 14.4. The van der Waals surface area contributed by atoms with E-state index >= 15 is 0 Å². The van der Waals surface area contributed by atoms with Crippen molar-refractivity contribution in [3.05, 3.63) is 64.2 Å². The van der Waals surface area contributed by atoms with Crippen LogP contribution in [-0.4, -0.2) is 17.5 Å². The zero-order chi connectivity index (χ0) is 21.7.